The van der Waals surface area contributed by atoms with Crippen LogP contribution in [0.1, 0.15) is 31.8 Å². The van der Waals surface area contributed by atoms with E-state index in [2.05, 4.69) is 10.2 Å². The normalized spacial score (nSPS) is 10.7. The van der Waals surface area contributed by atoms with Crippen LogP contribution in [0, 0.1) is 13.8 Å². The van der Waals surface area contributed by atoms with Crippen molar-refractivity contribution in [1.82, 2.24) is 0 Å². The van der Waals surface area contributed by atoms with Crippen LogP contribution in [-0.2, 0) is 9.47 Å². The summed E-state index contributed by atoms with van der Waals surface area (Å²) in [6, 6.07) is 10.1. The van der Waals surface area contributed by atoms with Crippen molar-refractivity contribution in [3.63, 3.8) is 0 Å². The summed E-state index contributed by atoms with van der Waals surface area (Å²) in [4.78, 5) is 23.2. The highest BCUT2D eigenvalue weighted by Gasteiger charge is 2.09. The van der Waals surface area contributed by atoms with E-state index in [0.29, 0.717) is 22.5 Å². The summed E-state index contributed by atoms with van der Waals surface area (Å²) in [6.07, 6.45) is 0. The second-order valence-electron chi connectivity index (χ2n) is 5.19. The van der Waals surface area contributed by atoms with Gasteiger partial charge in [-0.15, -0.1) is 0 Å². The highest BCUT2D eigenvalue weighted by molar-refractivity contribution is 5.91. The Morgan fingerprint density at radius 3 is 1.46 bits per heavy atom. The van der Waals surface area contributed by atoms with Gasteiger partial charge in [-0.05, 0) is 49.2 Å². The van der Waals surface area contributed by atoms with Gasteiger partial charge in [0.2, 0.25) is 0 Å². The van der Waals surface area contributed by atoms with Crippen molar-refractivity contribution in [1.29, 1.82) is 0 Å². The van der Waals surface area contributed by atoms with Crippen molar-refractivity contribution in [3.8, 4) is 0 Å². The standard InChI is InChI=1S/C18H18N2O4/c1-11-5-7-13(17(21)23-3)9-15(11)19-20-16-10-14(18(22)24-4)8-6-12(16)2/h5-10H,1-4H3/b20-19-. The maximum Gasteiger partial charge on any atom is 0.337 e. The molecule has 0 aliphatic carbocycles. The van der Waals surface area contributed by atoms with Crippen molar-refractivity contribution in [2.24, 2.45) is 10.2 Å². The maximum atomic E-state index is 11.6. The van der Waals surface area contributed by atoms with Crippen molar-refractivity contribution >= 4 is 23.3 Å². The van der Waals surface area contributed by atoms with E-state index in [9.17, 15) is 9.59 Å². The van der Waals surface area contributed by atoms with E-state index in [0.717, 1.165) is 11.1 Å². The minimum absolute atomic E-state index is 0.400. The van der Waals surface area contributed by atoms with Crippen molar-refractivity contribution in [2.75, 3.05) is 14.2 Å². The lowest BCUT2D eigenvalue weighted by Gasteiger charge is -2.05. The van der Waals surface area contributed by atoms with Crippen LogP contribution in [-0.4, -0.2) is 26.2 Å². The Hall–Kier alpha value is -3.02. The van der Waals surface area contributed by atoms with Gasteiger partial charge < -0.3 is 9.47 Å². The molecule has 0 aliphatic rings. The average Bonchev–Trinajstić information content (AvgIpc) is 2.60. The third-order valence-corrected chi connectivity index (χ3v) is 3.53. The Morgan fingerprint density at radius 2 is 1.12 bits per heavy atom. The van der Waals surface area contributed by atoms with Crippen molar-refractivity contribution in [2.45, 2.75) is 13.8 Å². The molecule has 2 aromatic carbocycles. The van der Waals surface area contributed by atoms with Crippen LogP contribution in [0.15, 0.2) is 46.6 Å². The van der Waals surface area contributed by atoms with Crippen LogP contribution in [0.25, 0.3) is 0 Å². The number of nitrogens with zero attached hydrogens (tertiary/aromatic N) is 2. The number of esters is 2. The van der Waals surface area contributed by atoms with Gasteiger partial charge in [0.1, 0.15) is 0 Å². The molecular weight excluding hydrogens is 308 g/mol. The van der Waals surface area contributed by atoms with E-state index in [1.807, 2.05) is 13.8 Å². The van der Waals surface area contributed by atoms with Gasteiger partial charge in [-0.3, -0.25) is 0 Å². The first-order valence-electron chi connectivity index (χ1n) is 7.26. The smallest absolute Gasteiger partial charge is 0.337 e. The number of azo groups is 1. The van der Waals surface area contributed by atoms with Crippen LogP contribution < -0.4 is 0 Å². The number of aryl methyl sites for hydroxylation is 2. The molecule has 24 heavy (non-hydrogen) atoms. The Bertz CT molecular complexity index is 745. The number of hydrogen-bond donors (Lipinski definition) is 0. The maximum absolute atomic E-state index is 11.6. The Morgan fingerprint density at radius 1 is 0.750 bits per heavy atom. The number of carbonyl (C=O) groups is 2. The fraction of sp³-hybridized carbons (Fsp3) is 0.222. The molecule has 6 heteroatoms. The van der Waals surface area contributed by atoms with Crippen LogP contribution in [0.2, 0.25) is 0 Å². The van der Waals surface area contributed by atoms with Gasteiger partial charge in [0.25, 0.3) is 0 Å². The molecule has 0 aromatic heterocycles. The molecule has 2 rings (SSSR count). The quantitative estimate of drug-likeness (QED) is 0.620. The second-order valence-corrected chi connectivity index (χ2v) is 5.19. The number of hydrogen-bond acceptors (Lipinski definition) is 6. The first kappa shape index (κ1) is 17.3. The van der Waals surface area contributed by atoms with Gasteiger partial charge in [0.05, 0.1) is 36.7 Å². The molecule has 0 spiro atoms. The summed E-state index contributed by atoms with van der Waals surface area (Å²) in [5, 5.41) is 8.41. The molecule has 0 aliphatic heterocycles. The highest BCUT2D eigenvalue weighted by atomic mass is 16.5. The average molecular weight is 326 g/mol. The first-order chi connectivity index (χ1) is 11.5. The molecule has 124 valence electrons. The van der Waals surface area contributed by atoms with Gasteiger partial charge in [0, 0.05) is 0 Å². The minimum atomic E-state index is -0.435. The van der Waals surface area contributed by atoms with Gasteiger partial charge in [0.15, 0.2) is 0 Å². The molecule has 0 atom stereocenters. The van der Waals surface area contributed by atoms with Crippen LogP contribution in [0.5, 0.6) is 0 Å². The summed E-state index contributed by atoms with van der Waals surface area (Å²) in [5.74, 6) is -0.870. The molecule has 0 heterocycles. The Kier molecular flexibility index (Phi) is 5.42. The van der Waals surface area contributed by atoms with Gasteiger partial charge >= 0.3 is 11.9 Å². The summed E-state index contributed by atoms with van der Waals surface area (Å²) in [6.45, 7) is 3.74. The summed E-state index contributed by atoms with van der Waals surface area (Å²) < 4.78 is 9.41. The first-order valence-corrected chi connectivity index (χ1v) is 7.26. The zero-order chi connectivity index (χ0) is 17.7. The van der Waals surface area contributed by atoms with Crippen molar-refractivity contribution in [3.05, 3.63) is 58.7 Å². The molecule has 0 fully saturated rings. The molecular formula is C18H18N2O4. The van der Waals surface area contributed by atoms with E-state index in [4.69, 9.17) is 9.47 Å². The zero-order valence-corrected chi connectivity index (χ0v) is 14.0. The van der Waals surface area contributed by atoms with E-state index < -0.39 is 11.9 Å². The highest BCUT2D eigenvalue weighted by Crippen LogP contribution is 2.26. The topological polar surface area (TPSA) is 77.3 Å². The van der Waals surface area contributed by atoms with Crippen LogP contribution in [0.3, 0.4) is 0 Å². The SMILES string of the molecule is COC(=O)c1ccc(C)c(/N=N\c2cc(C(=O)OC)ccc2C)c1. The van der Waals surface area contributed by atoms with E-state index in [-0.39, 0.29) is 0 Å². The van der Waals surface area contributed by atoms with E-state index in [1.54, 1.807) is 36.4 Å². The van der Waals surface area contributed by atoms with Crippen LogP contribution >= 0.6 is 0 Å². The molecule has 0 unspecified atom stereocenters. The third kappa shape index (κ3) is 3.84. The predicted molar refractivity (Wildman–Crippen MR) is 89.2 cm³/mol. The number of methoxy groups -OCH3 is 2. The van der Waals surface area contributed by atoms with Crippen LogP contribution in [0.4, 0.5) is 11.4 Å². The molecule has 0 radical (unpaired) electrons. The lowest BCUT2D eigenvalue weighted by atomic mass is 10.1. The molecule has 0 saturated heterocycles. The van der Waals surface area contributed by atoms with E-state index in [1.165, 1.54) is 14.2 Å². The monoisotopic (exact) mass is 326 g/mol. The molecule has 0 saturated carbocycles. The Balaban J connectivity index is 2.37. The molecule has 0 amide bonds. The summed E-state index contributed by atoms with van der Waals surface area (Å²) >= 11 is 0. The van der Waals surface area contributed by atoms with Gasteiger partial charge in [-0.1, -0.05) is 12.1 Å². The van der Waals surface area contributed by atoms with Crippen molar-refractivity contribution < 1.29 is 19.1 Å². The minimum Gasteiger partial charge on any atom is -0.465 e. The third-order valence-electron chi connectivity index (χ3n) is 3.53. The number of benzene rings is 2. The van der Waals surface area contributed by atoms with E-state index >= 15 is 0 Å². The molecule has 0 N–H and O–H groups in total. The molecule has 2 aromatic rings. The summed E-state index contributed by atoms with van der Waals surface area (Å²) in [7, 11) is 2.65. The molecule has 0 bridgehead atoms. The lowest BCUT2D eigenvalue weighted by molar-refractivity contribution is 0.0592. The van der Waals surface area contributed by atoms with Gasteiger partial charge in [-0.25, -0.2) is 9.59 Å². The number of ether oxygens (including phenoxy) is 2. The zero-order valence-electron chi connectivity index (χ0n) is 14.0. The molecule has 6 nitrogen and oxygen atoms in total. The van der Waals surface area contributed by atoms with Gasteiger partial charge in [-0.2, -0.15) is 10.2 Å². The fourth-order valence-corrected chi connectivity index (χ4v) is 2.03. The fourth-order valence-electron chi connectivity index (χ4n) is 2.03. The number of carbonyl (C=O) groups excluding carboxylic acids is 2. The number of rotatable bonds is 4. The Labute approximate surface area is 140 Å². The largest absolute Gasteiger partial charge is 0.465 e. The lowest BCUT2D eigenvalue weighted by Crippen LogP contribution is -2.00. The summed E-state index contributed by atoms with van der Waals surface area (Å²) in [5.41, 5.74) is 3.65. The second kappa shape index (κ2) is 7.50. The predicted octanol–water partition coefficient (Wildman–Crippen LogP) is 4.29.